The first-order valence-corrected chi connectivity index (χ1v) is 7.63. The van der Waals surface area contributed by atoms with Crippen molar-refractivity contribution in [3.05, 3.63) is 0 Å². The van der Waals surface area contributed by atoms with Crippen LogP contribution in [0.3, 0.4) is 0 Å². The minimum Gasteiger partial charge on any atom is -0.444 e. The molecule has 0 aromatic carbocycles. The normalized spacial score (nSPS) is 24.1. The van der Waals surface area contributed by atoms with Crippen molar-refractivity contribution in [3.8, 4) is 0 Å². The second kappa shape index (κ2) is 7.11. The van der Waals surface area contributed by atoms with Crippen molar-refractivity contribution in [1.29, 1.82) is 0 Å². The van der Waals surface area contributed by atoms with E-state index in [0.29, 0.717) is 0 Å². The van der Waals surface area contributed by atoms with E-state index >= 15 is 0 Å². The number of amides is 2. The van der Waals surface area contributed by atoms with Crippen LogP contribution in [0, 0.1) is 0 Å². The van der Waals surface area contributed by atoms with Gasteiger partial charge in [-0.2, -0.15) is 0 Å². The van der Waals surface area contributed by atoms with Crippen molar-refractivity contribution in [1.82, 2.24) is 10.2 Å². The first-order chi connectivity index (χ1) is 9.61. The van der Waals surface area contributed by atoms with Crippen LogP contribution in [0.15, 0.2) is 0 Å². The van der Waals surface area contributed by atoms with Crippen LogP contribution >= 0.6 is 0 Å². The maximum Gasteiger partial charge on any atom is 0.410 e. The van der Waals surface area contributed by atoms with Gasteiger partial charge in [-0.1, -0.05) is 12.8 Å². The quantitative estimate of drug-likeness (QED) is 0.829. The molecule has 0 saturated heterocycles. The minimum atomic E-state index is -0.542. The molecule has 3 N–H and O–H groups in total. The van der Waals surface area contributed by atoms with Gasteiger partial charge in [-0.3, -0.25) is 4.79 Å². The maximum absolute atomic E-state index is 12.2. The molecule has 0 unspecified atom stereocenters. The van der Waals surface area contributed by atoms with Crippen LogP contribution < -0.4 is 11.1 Å². The highest BCUT2D eigenvalue weighted by molar-refractivity contribution is 5.81. The monoisotopic (exact) mass is 299 g/mol. The molecule has 6 nitrogen and oxygen atoms in total. The highest BCUT2D eigenvalue weighted by Crippen LogP contribution is 2.24. The summed E-state index contributed by atoms with van der Waals surface area (Å²) in [5.41, 5.74) is 5.08. The number of nitrogens with one attached hydrogen (secondary N) is 1. The maximum atomic E-state index is 12.2. The van der Waals surface area contributed by atoms with Gasteiger partial charge in [0.05, 0.1) is 12.1 Å². The van der Waals surface area contributed by atoms with Gasteiger partial charge in [0.15, 0.2) is 0 Å². The Balaban J connectivity index is 2.71. The predicted octanol–water partition coefficient (Wildman–Crippen LogP) is 1.63. The van der Waals surface area contributed by atoms with E-state index in [-0.39, 0.29) is 24.1 Å². The molecule has 3 atom stereocenters. The fraction of sp³-hybridized carbons (Fsp3) is 0.867. The Hall–Kier alpha value is -1.30. The molecular weight excluding hydrogens is 270 g/mol. The molecular formula is C15H29N3O3. The van der Waals surface area contributed by atoms with Gasteiger partial charge in [-0.05, 0) is 40.5 Å². The number of rotatable bonds is 3. The molecule has 1 saturated carbocycles. The van der Waals surface area contributed by atoms with Crippen LogP contribution in [0.25, 0.3) is 0 Å². The predicted molar refractivity (Wildman–Crippen MR) is 81.8 cm³/mol. The number of hydrogen-bond donors (Lipinski definition) is 2. The Morgan fingerprint density at radius 3 is 2.38 bits per heavy atom. The molecule has 0 aromatic rings. The molecule has 6 heteroatoms. The first kappa shape index (κ1) is 17.8. The van der Waals surface area contributed by atoms with Gasteiger partial charge in [0.2, 0.25) is 5.91 Å². The summed E-state index contributed by atoms with van der Waals surface area (Å²) in [7, 11) is 1.73. The Labute approximate surface area is 127 Å². The highest BCUT2D eigenvalue weighted by atomic mass is 16.6. The van der Waals surface area contributed by atoms with Gasteiger partial charge in [-0.25, -0.2) is 4.79 Å². The third-order valence-corrected chi connectivity index (χ3v) is 3.65. The number of nitrogens with two attached hydrogens (primary N) is 1. The molecule has 1 rings (SSSR count). The summed E-state index contributed by atoms with van der Waals surface area (Å²) in [6, 6.07) is -0.648. The standard InChI is InChI=1S/C15H29N3O3/c1-10(16)13(19)17-11-8-6-7-9-12(11)18(5)14(20)21-15(2,3)4/h10-12H,6-9,16H2,1-5H3,(H,17,19)/t10-,11-,12-/m0/s1. The number of nitrogens with zero attached hydrogens (tertiary/aromatic N) is 1. The summed E-state index contributed by atoms with van der Waals surface area (Å²) in [6.45, 7) is 7.18. The molecule has 0 heterocycles. The van der Waals surface area contributed by atoms with Gasteiger partial charge in [-0.15, -0.1) is 0 Å². The number of likely N-dealkylation sites (N-methyl/N-ethyl adjacent to an activating group) is 1. The fourth-order valence-corrected chi connectivity index (χ4v) is 2.53. The molecule has 2 amide bonds. The first-order valence-electron chi connectivity index (χ1n) is 7.63. The van der Waals surface area contributed by atoms with Gasteiger partial charge < -0.3 is 20.7 Å². The smallest absolute Gasteiger partial charge is 0.410 e. The summed E-state index contributed by atoms with van der Waals surface area (Å²) in [5.74, 6) is -0.176. The average molecular weight is 299 g/mol. The molecule has 1 aliphatic rings. The molecule has 1 aliphatic carbocycles. The average Bonchev–Trinajstić information content (AvgIpc) is 2.36. The molecule has 0 aliphatic heterocycles. The summed E-state index contributed by atoms with van der Waals surface area (Å²) in [6.07, 6.45) is 3.45. The Bertz CT molecular complexity index is 377. The zero-order valence-electron chi connectivity index (χ0n) is 13.8. The van der Waals surface area contributed by atoms with Crippen LogP contribution in [0.4, 0.5) is 4.79 Å². The van der Waals surface area contributed by atoms with Crippen molar-refractivity contribution in [2.45, 2.75) is 77.1 Å². The van der Waals surface area contributed by atoms with Gasteiger partial charge in [0.25, 0.3) is 0 Å². The van der Waals surface area contributed by atoms with Crippen molar-refractivity contribution < 1.29 is 14.3 Å². The molecule has 0 spiro atoms. The van der Waals surface area contributed by atoms with Crippen molar-refractivity contribution in [3.63, 3.8) is 0 Å². The Morgan fingerprint density at radius 1 is 1.29 bits per heavy atom. The van der Waals surface area contributed by atoms with E-state index in [0.717, 1.165) is 25.7 Å². The summed E-state index contributed by atoms with van der Waals surface area (Å²) < 4.78 is 5.40. The molecule has 0 radical (unpaired) electrons. The zero-order chi connectivity index (χ0) is 16.2. The molecule has 0 bridgehead atoms. The largest absolute Gasteiger partial charge is 0.444 e. The minimum absolute atomic E-state index is 0.0451. The fourth-order valence-electron chi connectivity index (χ4n) is 2.53. The van der Waals surface area contributed by atoms with Crippen LogP contribution in [0.2, 0.25) is 0 Å². The molecule has 1 fully saturated rings. The molecule has 0 aromatic heterocycles. The summed E-state index contributed by atoms with van der Waals surface area (Å²) >= 11 is 0. The lowest BCUT2D eigenvalue weighted by Gasteiger charge is -2.39. The van der Waals surface area contributed by atoms with E-state index in [9.17, 15) is 9.59 Å². The highest BCUT2D eigenvalue weighted by Gasteiger charge is 2.34. The third kappa shape index (κ3) is 5.53. The second-order valence-corrected chi connectivity index (χ2v) is 6.85. The van der Waals surface area contributed by atoms with Crippen LogP contribution in [0.5, 0.6) is 0 Å². The summed E-state index contributed by atoms with van der Waals surface area (Å²) in [5, 5.41) is 2.95. The van der Waals surface area contributed by atoms with E-state index in [2.05, 4.69) is 5.32 Å². The number of carbonyl (C=O) groups is 2. The van der Waals surface area contributed by atoms with Crippen molar-refractivity contribution in [2.75, 3.05) is 7.05 Å². The topological polar surface area (TPSA) is 84.7 Å². The van der Waals surface area contributed by atoms with E-state index in [1.807, 2.05) is 20.8 Å². The zero-order valence-corrected chi connectivity index (χ0v) is 13.8. The molecule has 122 valence electrons. The van der Waals surface area contributed by atoms with Crippen LogP contribution in [-0.2, 0) is 9.53 Å². The number of hydrogen-bond acceptors (Lipinski definition) is 4. The molecule has 21 heavy (non-hydrogen) atoms. The number of carbonyl (C=O) groups excluding carboxylic acids is 2. The SMILES string of the molecule is C[C@H](N)C(=O)N[C@H]1CCCC[C@@H]1N(C)C(=O)OC(C)(C)C. The Kier molecular flexibility index (Phi) is 6.01. The number of ether oxygens (including phenoxy) is 1. The van der Waals surface area contributed by atoms with Crippen molar-refractivity contribution in [2.24, 2.45) is 5.73 Å². The van der Waals surface area contributed by atoms with E-state index < -0.39 is 11.6 Å². The van der Waals surface area contributed by atoms with Crippen LogP contribution in [-0.4, -0.2) is 47.7 Å². The Morgan fingerprint density at radius 2 is 1.86 bits per heavy atom. The summed E-state index contributed by atoms with van der Waals surface area (Å²) in [4.78, 5) is 25.6. The van der Waals surface area contributed by atoms with E-state index in [4.69, 9.17) is 10.5 Å². The second-order valence-electron chi connectivity index (χ2n) is 6.85. The lowest BCUT2D eigenvalue weighted by molar-refractivity contribution is -0.123. The lowest BCUT2D eigenvalue weighted by atomic mass is 9.89. The van der Waals surface area contributed by atoms with E-state index in [1.54, 1.807) is 18.9 Å². The third-order valence-electron chi connectivity index (χ3n) is 3.65. The van der Waals surface area contributed by atoms with Gasteiger partial charge in [0.1, 0.15) is 5.60 Å². The van der Waals surface area contributed by atoms with Crippen molar-refractivity contribution >= 4 is 12.0 Å². The van der Waals surface area contributed by atoms with Crippen LogP contribution in [0.1, 0.15) is 53.4 Å². The lowest BCUT2D eigenvalue weighted by Crippen LogP contribution is -2.56. The van der Waals surface area contributed by atoms with Gasteiger partial charge in [0, 0.05) is 13.1 Å². The van der Waals surface area contributed by atoms with E-state index in [1.165, 1.54) is 0 Å². The van der Waals surface area contributed by atoms with Gasteiger partial charge >= 0.3 is 6.09 Å².